The van der Waals surface area contributed by atoms with Gasteiger partial charge in [0.2, 0.25) is 0 Å². The Morgan fingerprint density at radius 2 is 1.79 bits per heavy atom. The second kappa shape index (κ2) is 6.60. The van der Waals surface area contributed by atoms with E-state index in [0.29, 0.717) is 6.04 Å². The molecule has 0 heterocycles. The summed E-state index contributed by atoms with van der Waals surface area (Å²) in [7, 11) is 0. The molecule has 0 saturated heterocycles. The summed E-state index contributed by atoms with van der Waals surface area (Å²) in [5.74, 6) is 0. The molecule has 0 fully saturated rings. The number of benzene rings is 2. The maximum Gasteiger partial charge on any atom is 0.0406 e. The van der Waals surface area contributed by atoms with Crippen LogP contribution >= 0.6 is 11.6 Å². The molecule has 0 bridgehead atoms. The molecule has 0 radical (unpaired) electrons. The highest BCUT2D eigenvalue weighted by Gasteiger charge is 2.04. The first-order valence-electron chi connectivity index (χ1n) is 6.46. The maximum absolute atomic E-state index is 5.92. The van der Waals surface area contributed by atoms with Crippen LogP contribution in [-0.2, 0) is 13.0 Å². The van der Waals surface area contributed by atoms with Gasteiger partial charge >= 0.3 is 0 Å². The van der Waals surface area contributed by atoms with Crippen molar-refractivity contribution in [3.8, 4) is 0 Å². The molecule has 0 amide bonds. The molecule has 19 heavy (non-hydrogen) atoms. The van der Waals surface area contributed by atoms with Crippen molar-refractivity contribution in [1.82, 2.24) is 5.32 Å². The third kappa shape index (κ3) is 4.27. The summed E-state index contributed by atoms with van der Waals surface area (Å²) in [6.45, 7) is 2.97. The van der Waals surface area contributed by atoms with Crippen molar-refractivity contribution >= 4 is 17.3 Å². The zero-order chi connectivity index (χ0) is 13.7. The lowest BCUT2D eigenvalue weighted by Gasteiger charge is -2.15. The minimum atomic E-state index is 0.390. The van der Waals surface area contributed by atoms with Gasteiger partial charge in [0.1, 0.15) is 0 Å². The lowest BCUT2D eigenvalue weighted by Crippen LogP contribution is -2.27. The Kier molecular flexibility index (Phi) is 4.83. The van der Waals surface area contributed by atoms with Crippen LogP contribution in [0.25, 0.3) is 0 Å². The highest BCUT2D eigenvalue weighted by Crippen LogP contribution is 2.13. The molecule has 0 aromatic heterocycles. The van der Waals surface area contributed by atoms with Crippen molar-refractivity contribution in [1.29, 1.82) is 0 Å². The van der Waals surface area contributed by atoms with Gasteiger partial charge in [-0.2, -0.15) is 0 Å². The third-order valence-corrected chi connectivity index (χ3v) is 3.40. The van der Waals surface area contributed by atoms with Crippen LogP contribution < -0.4 is 11.1 Å². The Balaban J connectivity index is 1.86. The van der Waals surface area contributed by atoms with Crippen LogP contribution in [0.2, 0.25) is 5.02 Å². The lowest BCUT2D eigenvalue weighted by molar-refractivity contribution is 0.546. The summed E-state index contributed by atoms with van der Waals surface area (Å²) < 4.78 is 0. The molecule has 1 atom stereocenters. The zero-order valence-electron chi connectivity index (χ0n) is 11.1. The first kappa shape index (κ1) is 13.9. The smallest absolute Gasteiger partial charge is 0.0406 e. The van der Waals surface area contributed by atoms with Gasteiger partial charge in [0.05, 0.1) is 0 Å². The lowest BCUT2D eigenvalue weighted by atomic mass is 10.1. The van der Waals surface area contributed by atoms with Crippen LogP contribution in [0.15, 0.2) is 48.5 Å². The van der Waals surface area contributed by atoms with Crippen molar-refractivity contribution in [3.05, 3.63) is 64.7 Å². The van der Waals surface area contributed by atoms with Gasteiger partial charge in [0.15, 0.2) is 0 Å². The maximum atomic E-state index is 5.92. The standard InChI is InChI=1S/C16H19ClN2/c1-12(10-13-6-8-15(17)9-7-13)19-11-14-4-2-3-5-16(14)18/h2-9,12,19H,10-11,18H2,1H3. The number of hydrogen-bond acceptors (Lipinski definition) is 2. The minimum absolute atomic E-state index is 0.390. The molecule has 1 unspecified atom stereocenters. The molecule has 3 heteroatoms. The summed E-state index contributed by atoms with van der Waals surface area (Å²) in [6, 6.07) is 16.3. The predicted octanol–water partition coefficient (Wildman–Crippen LogP) is 3.64. The Bertz CT molecular complexity index is 523. The first-order chi connectivity index (χ1) is 9.15. The molecule has 2 aromatic rings. The van der Waals surface area contributed by atoms with Gasteiger partial charge in [-0.25, -0.2) is 0 Å². The van der Waals surface area contributed by atoms with Crippen LogP contribution in [0.3, 0.4) is 0 Å². The Hall–Kier alpha value is -1.51. The summed E-state index contributed by atoms with van der Waals surface area (Å²) in [6.07, 6.45) is 0.976. The van der Waals surface area contributed by atoms with E-state index in [1.165, 1.54) is 5.56 Å². The molecule has 2 aromatic carbocycles. The fourth-order valence-electron chi connectivity index (χ4n) is 2.03. The van der Waals surface area contributed by atoms with Crippen LogP contribution in [0.5, 0.6) is 0 Å². The van der Waals surface area contributed by atoms with E-state index in [2.05, 4.69) is 30.4 Å². The van der Waals surface area contributed by atoms with Crippen LogP contribution in [0.1, 0.15) is 18.1 Å². The number of nitrogens with two attached hydrogens (primary N) is 1. The van der Waals surface area contributed by atoms with Crippen molar-refractivity contribution in [2.24, 2.45) is 0 Å². The summed E-state index contributed by atoms with van der Waals surface area (Å²) in [4.78, 5) is 0. The number of nitrogens with one attached hydrogen (secondary N) is 1. The highest BCUT2D eigenvalue weighted by atomic mass is 35.5. The first-order valence-corrected chi connectivity index (χ1v) is 6.84. The zero-order valence-corrected chi connectivity index (χ0v) is 11.8. The quantitative estimate of drug-likeness (QED) is 0.817. The second-order valence-electron chi connectivity index (χ2n) is 4.81. The largest absolute Gasteiger partial charge is 0.398 e. The predicted molar refractivity (Wildman–Crippen MR) is 82.3 cm³/mol. The van der Waals surface area contributed by atoms with Crippen LogP contribution in [0.4, 0.5) is 5.69 Å². The second-order valence-corrected chi connectivity index (χ2v) is 5.25. The van der Waals surface area contributed by atoms with Crippen molar-refractivity contribution in [2.75, 3.05) is 5.73 Å². The van der Waals surface area contributed by atoms with Gasteiger partial charge < -0.3 is 11.1 Å². The normalized spacial score (nSPS) is 12.3. The molecule has 0 aliphatic carbocycles. The van der Waals surface area contributed by atoms with E-state index in [0.717, 1.165) is 29.2 Å². The molecule has 0 aliphatic rings. The van der Waals surface area contributed by atoms with Gasteiger partial charge in [-0.15, -0.1) is 0 Å². The number of nitrogen functional groups attached to an aromatic ring is 1. The monoisotopic (exact) mass is 274 g/mol. The fraction of sp³-hybridized carbons (Fsp3) is 0.250. The topological polar surface area (TPSA) is 38.0 Å². The molecular formula is C16H19ClN2. The molecule has 2 nitrogen and oxygen atoms in total. The molecule has 0 spiro atoms. The molecule has 0 saturated carbocycles. The average molecular weight is 275 g/mol. The van der Waals surface area contributed by atoms with E-state index in [-0.39, 0.29) is 0 Å². The Labute approximate surface area is 119 Å². The van der Waals surface area contributed by atoms with E-state index in [1.807, 2.05) is 30.3 Å². The summed E-state index contributed by atoms with van der Waals surface area (Å²) in [5, 5.41) is 4.27. The number of anilines is 1. The third-order valence-electron chi connectivity index (χ3n) is 3.15. The van der Waals surface area contributed by atoms with E-state index in [1.54, 1.807) is 0 Å². The minimum Gasteiger partial charge on any atom is -0.398 e. The van der Waals surface area contributed by atoms with Crippen LogP contribution in [-0.4, -0.2) is 6.04 Å². The van der Waals surface area contributed by atoms with Gasteiger partial charge in [-0.05, 0) is 42.7 Å². The Morgan fingerprint density at radius 3 is 2.47 bits per heavy atom. The molecule has 100 valence electrons. The summed E-state index contributed by atoms with van der Waals surface area (Å²) >= 11 is 5.88. The number of para-hydroxylation sites is 1. The van der Waals surface area contributed by atoms with Crippen LogP contribution in [0, 0.1) is 0 Å². The van der Waals surface area contributed by atoms with E-state index >= 15 is 0 Å². The van der Waals surface area contributed by atoms with Gasteiger partial charge in [0.25, 0.3) is 0 Å². The molecule has 2 rings (SSSR count). The number of rotatable bonds is 5. The summed E-state index contributed by atoms with van der Waals surface area (Å²) in [5.41, 5.74) is 9.19. The van der Waals surface area contributed by atoms with Gasteiger partial charge in [-0.1, -0.05) is 41.9 Å². The highest BCUT2D eigenvalue weighted by molar-refractivity contribution is 6.30. The van der Waals surface area contributed by atoms with Crippen molar-refractivity contribution in [3.63, 3.8) is 0 Å². The number of hydrogen-bond donors (Lipinski definition) is 2. The average Bonchev–Trinajstić information content (AvgIpc) is 2.40. The fourth-order valence-corrected chi connectivity index (χ4v) is 2.15. The van der Waals surface area contributed by atoms with E-state index in [4.69, 9.17) is 17.3 Å². The SMILES string of the molecule is CC(Cc1ccc(Cl)cc1)NCc1ccccc1N. The molecule has 3 N–H and O–H groups in total. The molecular weight excluding hydrogens is 256 g/mol. The van der Waals surface area contributed by atoms with Crippen molar-refractivity contribution < 1.29 is 0 Å². The van der Waals surface area contributed by atoms with Crippen molar-refractivity contribution in [2.45, 2.75) is 25.9 Å². The Morgan fingerprint density at radius 1 is 1.11 bits per heavy atom. The van der Waals surface area contributed by atoms with Gasteiger partial charge in [0, 0.05) is 23.3 Å². The molecule has 0 aliphatic heterocycles. The van der Waals surface area contributed by atoms with E-state index in [9.17, 15) is 0 Å². The number of halogens is 1. The van der Waals surface area contributed by atoms with E-state index < -0.39 is 0 Å². The van der Waals surface area contributed by atoms with Gasteiger partial charge in [-0.3, -0.25) is 0 Å².